The van der Waals surface area contributed by atoms with Crippen molar-refractivity contribution in [2.45, 2.75) is 33.1 Å². The summed E-state index contributed by atoms with van der Waals surface area (Å²) in [5.74, 6) is 0. The quantitative estimate of drug-likeness (QED) is 0.686. The third-order valence-corrected chi connectivity index (χ3v) is 3.99. The van der Waals surface area contributed by atoms with Gasteiger partial charge in [0.1, 0.15) is 0 Å². The van der Waals surface area contributed by atoms with Crippen LogP contribution in [0.4, 0.5) is 0 Å². The zero-order chi connectivity index (χ0) is 15.9. The number of hydrogen-bond acceptors (Lipinski definition) is 1. The summed E-state index contributed by atoms with van der Waals surface area (Å²) in [6, 6.07) is 15.8. The molecule has 0 fully saturated rings. The van der Waals surface area contributed by atoms with E-state index < -0.39 is 0 Å². The second kappa shape index (κ2) is 5.13. The first kappa shape index (κ1) is 14.6. The molecule has 1 aromatic heterocycles. The molecule has 0 bridgehead atoms. The van der Waals surface area contributed by atoms with Crippen molar-refractivity contribution in [3.05, 3.63) is 69.9 Å². The molecule has 0 atom stereocenters. The minimum Gasteiger partial charge on any atom is -0.354 e. The Bertz CT molecular complexity index is 897. The first-order valence-corrected chi connectivity index (χ1v) is 7.59. The molecular weight excluding hydrogens is 270 g/mol. The van der Waals surface area contributed by atoms with E-state index in [1.807, 2.05) is 24.3 Å². The number of aromatic nitrogens is 1. The summed E-state index contributed by atoms with van der Waals surface area (Å²) in [7, 11) is 0. The van der Waals surface area contributed by atoms with Gasteiger partial charge in [0.2, 0.25) is 0 Å². The van der Waals surface area contributed by atoms with Crippen molar-refractivity contribution in [3.8, 4) is 11.3 Å². The molecule has 0 aliphatic rings. The van der Waals surface area contributed by atoms with Crippen molar-refractivity contribution >= 4 is 10.9 Å². The maximum atomic E-state index is 12.3. The molecule has 3 rings (SSSR count). The summed E-state index contributed by atoms with van der Waals surface area (Å²) in [6.07, 6.45) is 0. The topological polar surface area (TPSA) is 32.9 Å². The highest BCUT2D eigenvalue weighted by Gasteiger charge is 2.15. The van der Waals surface area contributed by atoms with Crippen LogP contribution < -0.4 is 5.43 Å². The van der Waals surface area contributed by atoms with Crippen LogP contribution in [0.25, 0.3) is 22.2 Å². The number of nitrogens with one attached hydrogen (secondary N) is 1. The van der Waals surface area contributed by atoms with E-state index in [1.165, 1.54) is 11.1 Å². The molecule has 0 amide bonds. The van der Waals surface area contributed by atoms with Gasteiger partial charge in [-0.1, -0.05) is 44.5 Å². The lowest BCUT2D eigenvalue weighted by Gasteiger charge is -2.21. The molecule has 0 aliphatic carbocycles. The lowest BCUT2D eigenvalue weighted by molar-refractivity contribution is 0.590. The van der Waals surface area contributed by atoms with Gasteiger partial charge >= 0.3 is 0 Å². The molecule has 0 unspecified atom stereocenters. The van der Waals surface area contributed by atoms with Gasteiger partial charge in [-0.2, -0.15) is 0 Å². The van der Waals surface area contributed by atoms with Gasteiger partial charge in [-0.25, -0.2) is 0 Å². The second-order valence-electron chi connectivity index (χ2n) is 6.93. The average Bonchev–Trinajstić information content (AvgIpc) is 2.45. The van der Waals surface area contributed by atoms with Crippen molar-refractivity contribution in [1.29, 1.82) is 0 Å². The van der Waals surface area contributed by atoms with Crippen LogP contribution in [0.5, 0.6) is 0 Å². The van der Waals surface area contributed by atoms with Gasteiger partial charge in [-0.05, 0) is 47.7 Å². The number of fused-ring (bicyclic) bond motifs is 1. The minimum absolute atomic E-state index is 0.0585. The lowest BCUT2D eigenvalue weighted by Crippen LogP contribution is -2.11. The van der Waals surface area contributed by atoms with Gasteiger partial charge in [0, 0.05) is 22.7 Å². The van der Waals surface area contributed by atoms with Gasteiger partial charge in [0.15, 0.2) is 5.43 Å². The fourth-order valence-electron chi connectivity index (χ4n) is 2.72. The summed E-state index contributed by atoms with van der Waals surface area (Å²) in [5, 5.41) is 0.731. The van der Waals surface area contributed by atoms with Crippen LogP contribution in [-0.4, -0.2) is 4.98 Å². The molecule has 22 heavy (non-hydrogen) atoms. The summed E-state index contributed by atoms with van der Waals surface area (Å²) in [4.78, 5) is 15.7. The van der Waals surface area contributed by atoms with Crippen LogP contribution in [0, 0.1) is 6.92 Å². The number of aryl methyl sites for hydroxylation is 1. The van der Waals surface area contributed by atoms with E-state index in [0.29, 0.717) is 0 Å². The van der Waals surface area contributed by atoms with Crippen LogP contribution in [0.1, 0.15) is 31.9 Å². The van der Waals surface area contributed by atoms with Crippen LogP contribution >= 0.6 is 0 Å². The van der Waals surface area contributed by atoms with E-state index >= 15 is 0 Å². The zero-order valence-electron chi connectivity index (χ0n) is 13.5. The van der Waals surface area contributed by atoms with E-state index in [2.05, 4.69) is 50.9 Å². The summed E-state index contributed by atoms with van der Waals surface area (Å²) in [5.41, 5.74) is 5.43. The number of pyridine rings is 1. The molecule has 0 spiro atoms. The number of rotatable bonds is 1. The van der Waals surface area contributed by atoms with Crippen molar-refractivity contribution in [1.82, 2.24) is 4.98 Å². The number of aromatic amines is 1. The van der Waals surface area contributed by atoms with Gasteiger partial charge in [-0.3, -0.25) is 4.79 Å². The highest BCUT2D eigenvalue weighted by molar-refractivity contribution is 5.81. The molecule has 112 valence electrons. The Morgan fingerprint density at radius 3 is 2.41 bits per heavy atom. The Kier molecular flexibility index (Phi) is 3.40. The molecule has 2 heteroatoms. The van der Waals surface area contributed by atoms with E-state index in [0.717, 1.165) is 22.2 Å². The Morgan fingerprint density at radius 1 is 0.955 bits per heavy atom. The molecule has 0 aliphatic heterocycles. The molecule has 0 saturated carbocycles. The van der Waals surface area contributed by atoms with Gasteiger partial charge in [-0.15, -0.1) is 0 Å². The monoisotopic (exact) mass is 291 g/mol. The van der Waals surface area contributed by atoms with E-state index in [9.17, 15) is 4.79 Å². The van der Waals surface area contributed by atoms with E-state index in [-0.39, 0.29) is 10.8 Å². The fourth-order valence-corrected chi connectivity index (χ4v) is 2.72. The van der Waals surface area contributed by atoms with Gasteiger partial charge in [0.05, 0.1) is 0 Å². The van der Waals surface area contributed by atoms with Crippen LogP contribution in [0.2, 0.25) is 0 Å². The van der Waals surface area contributed by atoms with Gasteiger partial charge < -0.3 is 4.98 Å². The maximum Gasteiger partial charge on any atom is 0.190 e. The maximum absolute atomic E-state index is 12.3. The molecule has 2 nitrogen and oxygen atoms in total. The molecular formula is C20H21NO. The van der Waals surface area contributed by atoms with Crippen LogP contribution in [-0.2, 0) is 5.41 Å². The number of benzene rings is 2. The van der Waals surface area contributed by atoms with Crippen molar-refractivity contribution < 1.29 is 0 Å². The third-order valence-electron chi connectivity index (χ3n) is 3.99. The molecule has 0 saturated heterocycles. The normalized spacial score (nSPS) is 11.8. The van der Waals surface area contributed by atoms with Crippen LogP contribution in [0.15, 0.2) is 53.3 Å². The predicted molar refractivity (Wildman–Crippen MR) is 93.4 cm³/mol. The van der Waals surface area contributed by atoms with Gasteiger partial charge in [0.25, 0.3) is 0 Å². The smallest absolute Gasteiger partial charge is 0.190 e. The lowest BCUT2D eigenvalue weighted by atomic mass is 9.85. The van der Waals surface area contributed by atoms with Crippen molar-refractivity contribution in [2.75, 3.05) is 0 Å². The Morgan fingerprint density at radius 2 is 1.68 bits per heavy atom. The average molecular weight is 291 g/mol. The molecule has 2 aromatic carbocycles. The van der Waals surface area contributed by atoms with E-state index in [1.54, 1.807) is 6.07 Å². The van der Waals surface area contributed by atoms with Crippen LogP contribution in [0.3, 0.4) is 0 Å². The molecule has 3 aromatic rings. The largest absolute Gasteiger partial charge is 0.354 e. The summed E-state index contributed by atoms with van der Waals surface area (Å²) in [6.45, 7) is 8.70. The molecule has 1 N–H and O–H groups in total. The van der Waals surface area contributed by atoms with E-state index in [4.69, 9.17) is 0 Å². The summed E-state index contributed by atoms with van der Waals surface area (Å²) < 4.78 is 0. The van der Waals surface area contributed by atoms with Crippen molar-refractivity contribution in [2.24, 2.45) is 0 Å². The molecule has 0 radical (unpaired) electrons. The molecule has 1 heterocycles. The Labute approximate surface area is 130 Å². The first-order chi connectivity index (χ1) is 10.3. The zero-order valence-corrected chi connectivity index (χ0v) is 13.5. The summed E-state index contributed by atoms with van der Waals surface area (Å²) >= 11 is 0. The standard InChI is InChI=1S/C20H21NO/c1-13-9-14(11-15(10-13)20(2,3)4)18-12-19(22)16-7-5-6-8-17(16)21-18/h5-12H,1-4H3,(H,21,22). The number of para-hydroxylation sites is 1. The number of H-pyrrole nitrogens is 1. The highest BCUT2D eigenvalue weighted by atomic mass is 16.1. The second-order valence-corrected chi connectivity index (χ2v) is 6.93. The SMILES string of the molecule is Cc1cc(-c2cc(=O)c3ccccc3[nH]2)cc(C(C)(C)C)c1. The highest BCUT2D eigenvalue weighted by Crippen LogP contribution is 2.28. The fraction of sp³-hybridized carbons (Fsp3) is 0.250. The Balaban J connectivity index is 2.24. The predicted octanol–water partition coefficient (Wildman–Crippen LogP) is 4.80. The van der Waals surface area contributed by atoms with Crippen molar-refractivity contribution in [3.63, 3.8) is 0 Å². The number of hydrogen-bond donors (Lipinski definition) is 1. The minimum atomic E-state index is 0.0585. The first-order valence-electron chi connectivity index (χ1n) is 7.59. The third kappa shape index (κ3) is 2.69. The Hall–Kier alpha value is -2.35.